The minimum Gasteiger partial charge on any atom is -0.451 e. The normalized spacial score (nSPS) is 14.4. The molecule has 1 aromatic carbocycles. The molecule has 1 saturated heterocycles. The standard InChI is InChI=1S/C21H21N3O4/c1-14-10-15(2)17-12-19(28-18(17)11-14)20(25)23-6-8-24(9-7-23)21(26)27-16-4-3-5-22-13-16/h3-5,10-13H,6-9H2,1-2H3. The monoisotopic (exact) mass is 379 g/mol. The summed E-state index contributed by atoms with van der Waals surface area (Å²) in [4.78, 5) is 32.3. The Morgan fingerprint density at radius 1 is 1.07 bits per heavy atom. The number of ether oxygens (including phenoxy) is 1. The lowest BCUT2D eigenvalue weighted by molar-refractivity contribution is 0.0606. The number of carbonyl (C=O) groups is 2. The highest BCUT2D eigenvalue weighted by molar-refractivity contribution is 5.97. The molecule has 7 heteroatoms. The molecule has 3 heterocycles. The maximum atomic E-state index is 12.8. The summed E-state index contributed by atoms with van der Waals surface area (Å²) in [5.74, 6) is 0.572. The smallest absolute Gasteiger partial charge is 0.415 e. The number of piperazine rings is 1. The number of hydrogen-bond donors (Lipinski definition) is 0. The van der Waals surface area contributed by atoms with Gasteiger partial charge < -0.3 is 19.0 Å². The van der Waals surface area contributed by atoms with Gasteiger partial charge in [0.25, 0.3) is 5.91 Å². The molecule has 1 fully saturated rings. The van der Waals surface area contributed by atoms with Gasteiger partial charge in [-0.05, 0) is 49.2 Å². The Labute approximate surface area is 162 Å². The van der Waals surface area contributed by atoms with Crippen molar-refractivity contribution in [3.8, 4) is 5.75 Å². The van der Waals surface area contributed by atoms with Crippen LogP contribution in [0.25, 0.3) is 11.0 Å². The molecular formula is C21H21N3O4. The van der Waals surface area contributed by atoms with Crippen molar-refractivity contribution in [3.63, 3.8) is 0 Å². The van der Waals surface area contributed by atoms with Crippen LogP contribution < -0.4 is 4.74 Å². The summed E-state index contributed by atoms with van der Waals surface area (Å²) in [7, 11) is 0. The predicted octanol–water partition coefficient (Wildman–Crippen LogP) is 3.40. The Kier molecular flexibility index (Phi) is 4.73. The first kappa shape index (κ1) is 18.0. The van der Waals surface area contributed by atoms with Crippen LogP contribution in [0.2, 0.25) is 0 Å². The van der Waals surface area contributed by atoms with Gasteiger partial charge in [-0.2, -0.15) is 0 Å². The Morgan fingerprint density at radius 2 is 1.82 bits per heavy atom. The predicted molar refractivity (Wildman–Crippen MR) is 103 cm³/mol. The molecule has 0 aliphatic carbocycles. The zero-order chi connectivity index (χ0) is 19.7. The third-order valence-electron chi connectivity index (χ3n) is 4.86. The molecule has 144 valence electrons. The number of hydrogen-bond acceptors (Lipinski definition) is 5. The van der Waals surface area contributed by atoms with E-state index in [2.05, 4.69) is 11.1 Å². The first-order valence-corrected chi connectivity index (χ1v) is 9.18. The zero-order valence-electron chi connectivity index (χ0n) is 15.8. The molecule has 3 aromatic rings. The van der Waals surface area contributed by atoms with Gasteiger partial charge in [0.1, 0.15) is 5.58 Å². The largest absolute Gasteiger partial charge is 0.451 e. The SMILES string of the molecule is Cc1cc(C)c2cc(C(=O)N3CCN(C(=O)Oc4cccnc4)CC3)oc2c1. The molecule has 4 rings (SSSR count). The van der Waals surface area contributed by atoms with Crippen LogP contribution in [0.4, 0.5) is 4.79 Å². The Bertz CT molecular complexity index is 1020. The molecule has 1 aliphatic heterocycles. The third-order valence-corrected chi connectivity index (χ3v) is 4.86. The molecule has 0 N–H and O–H groups in total. The van der Waals surface area contributed by atoms with Crippen molar-refractivity contribution in [1.29, 1.82) is 0 Å². The van der Waals surface area contributed by atoms with Gasteiger partial charge >= 0.3 is 6.09 Å². The third kappa shape index (κ3) is 3.55. The number of amides is 2. The van der Waals surface area contributed by atoms with E-state index in [1.54, 1.807) is 34.2 Å². The molecule has 28 heavy (non-hydrogen) atoms. The molecule has 0 spiro atoms. The number of aromatic nitrogens is 1. The van der Waals surface area contributed by atoms with Gasteiger partial charge in [0.2, 0.25) is 0 Å². The van der Waals surface area contributed by atoms with Gasteiger partial charge in [-0.25, -0.2) is 4.79 Å². The lowest BCUT2D eigenvalue weighted by Gasteiger charge is -2.33. The maximum absolute atomic E-state index is 12.8. The molecule has 0 radical (unpaired) electrons. The van der Waals surface area contributed by atoms with Crippen molar-refractivity contribution in [3.05, 3.63) is 59.6 Å². The molecule has 1 aliphatic rings. The van der Waals surface area contributed by atoms with Crippen LogP contribution in [0.1, 0.15) is 21.7 Å². The minimum absolute atomic E-state index is 0.159. The van der Waals surface area contributed by atoms with Crippen molar-refractivity contribution in [1.82, 2.24) is 14.8 Å². The van der Waals surface area contributed by atoms with Gasteiger partial charge in [0.15, 0.2) is 11.5 Å². The summed E-state index contributed by atoms with van der Waals surface area (Å²) in [6, 6.07) is 9.19. The number of rotatable bonds is 2. The van der Waals surface area contributed by atoms with Gasteiger partial charge in [-0.1, -0.05) is 6.07 Å². The van der Waals surface area contributed by atoms with Crippen LogP contribution in [0, 0.1) is 13.8 Å². The molecule has 7 nitrogen and oxygen atoms in total. The Balaban J connectivity index is 1.40. The molecule has 0 bridgehead atoms. The van der Waals surface area contributed by atoms with Gasteiger partial charge in [0.05, 0.1) is 6.20 Å². The summed E-state index contributed by atoms with van der Waals surface area (Å²) in [5, 5.41) is 0.952. The fourth-order valence-corrected chi connectivity index (χ4v) is 3.41. The van der Waals surface area contributed by atoms with E-state index in [0.717, 1.165) is 22.1 Å². The second-order valence-electron chi connectivity index (χ2n) is 6.94. The molecule has 2 amide bonds. The van der Waals surface area contributed by atoms with Crippen molar-refractivity contribution >= 4 is 23.0 Å². The molecule has 0 atom stereocenters. The van der Waals surface area contributed by atoms with Crippen molar-refractivity contribution in [2.45, 2.75) is 13.8 Å². The second kappa shape index (κ2) is 7.34. The summed E-state index contributed by atoms with van der Waals surface area (Å²) in [6.45, 7) is 5.67. The van der Waals surface area contributed by atoms with E-state index in [9.17, 15) is 9.59 Å². The van der Waals surface area contributed by atoms with E-state index in [1.165, 1.54) is 6.20 Å². The fourth-order valence-electron chi connectivity index (χ4n) is 3.41. The van der Waals surface area contributed by atoms with Crippen LogP contribution in [0.5, 0.6) is 5.75 Å². The number of nitrogens with zero attached hydrogens (tertiary/aromatic N) is 3. The highest BCUT2D eigenvalue weighted by atomic mass is 16.6. The number of benzene rings is 1. The van der Waals surface area contributed by atoms with Crippen LogP contribution in [-0.2, 0) is 0 Å². The number of carbonyl (C=O) groups excluding carboxylic acids is 2. The number of aryl methyl sites for hydroxylation is 2. The molecule has 0 saturated carbocycles. The maximum Gasteiger partial charge on any atom is 0.415 e. The van der Waals surface area contributed by atoms with Crippen molar-refractivity contribution in [2.24, 2.45) is 0 Å². The summed E-state index contributed by atoms with van der Waals surface area (Å²) in [5.41, 5.74) is 2.90. The van der Waals surface area contributed by atoms with Crippen LogP contribution in [0.3, 0.4) is 0 Å². The zero-order valence-corrected chi connectivity index (χ0v) is 15.8. The van der Waals surface area contributed by atoms with Gasteiger partial charge in [-0.15, -0.1) is 0 Å². The first-order chi connectivity index (χ1) is 13.5. The van der Waals surface area contributed by atoms with E-state index in [-0.39, 0.29) is 5.91 Å². The van der Waals surface area contributed by atoms with Crippen LogP contribution in [-0.4, -0.2) is 53.0 Å². The van der Waals surface area contributed by atoms with E-state index in [4.69, 9.17) is 9.15 Å². The van der Waals surface area contributed by atoms with Crippen molar-refractivity contribution < 1.29 is 18.7 Å². The lowest BCUT2D eigenvalue weighted by Crippen LogP contribution is -2.51. The van der Waals surface area contributed by atoms with Gasteiger partial charge in [-0.3, -0.25) is 9.78 Å². The average molecular weight is 379 g/mol. The summed E-state index contributed by atoms with van der Waals surface area (Å²) < 4.78 is 11.1. The topological polar surface area (TPSA) is 75.9 Å². The minimum atomic E-state index is -0.435. The molecular weight excluding hydrogens is 358 g/mol. The second-order valence-corrected chi connectivity index (χ2v) is 6.94. The fraction of sp³-hybridized carbons (Fsp3) is 0.286. The van der Waals surface area contributed by atoms with Crippen molar-refractivity contribution in [2.75, 3.05) is 26.2 Å². The van der Waals surface area contributed by atoms with Crippen LogP contribution >= 0.6 is 0 Å². The molecule has 0 unspecified atom stereocenters. The summed E-state index contributed by atoms with van der Waals surface area (Å²) >= 11 is 0. The van der Waals surface area contributed by atoms with E-state index in [1.807, 2.05) is 19.9 Å². The van der Waals surface area contributed by atoms with E-state index >= 15 is 0 Å². The highest BCUT2D eigenvalue weighted by Crippen LogP contribution is 2.25. The number of furan rings is 1. The lowest BCUT2D eigenvalue weighted by atomic mass is 10.1. The Hall–Kier alpha value is -3.35. The Morgan fingerprint density at radius 3 is 2.54 bits per heavy atom. The van der Waals surface area contributed by atoms with Crippen LogP contribution in [0.15, 0.2) is 47.1 Å². The number of pyridine rings is 1. The molecule has 2 aromatic heterocycles. The van der Waals surface area contributed by atoms with E-state index in [0.29, 0.717) is 37.7 Å². The van der Waals surface area contributed by atoms with Gasteiger partial charge in [0, 0.05) is 37.8 Å². The quantitative estimate of drug-likeness (QED) is 0.682. The van der Waals surface area contributed by atoms with E-state index < -0.39 is 6.09 Å². The number of fused-ring (bicyclic) bond motifs is 1. The average Bonchev–Trinajstić information content (AvgIpc) is 3.13. The first-order valence-electron chi connectivity index (χ1n) is 9.18. The highest BCUT2D eigenvalue weighted by Gasteiger charge is 2.27. The summed E-state index contributed by atoms with van der Waals surface area (Å²) in [6.07, 6.45) is 2.67.